The average molecular weight is 499 g/mol. The maximum atomic E-state index is 13.6. The van der Waals surface area contributed by atoms with Crippen LogP contribution >= 0.6 is 11.6 Å². The highest BCUT2D eigenvalue weighted by atomic mass is 35.5. The summed E-state index contributed by atoms with van der Waals surface area (Å²) in [5.74, 6) is -0.484. The third-order valence-corrected chi connectivity index (χ3v) is 7.64. The molecule has 2 aliphatic heterocycles. The van der Waals surface area contributed by atoms with Crippen LogP contribution in [0, 0.1) is 11.3 Å². The van der Waals surface area contributed by atoms with E-state index in [1.807, 2.05) is 38.1 Å². The Morgan fingerprint density at radius 1 is 1.26 bits per heavy atom. The van der Waals surface area contributed by atoms with E-state index in [0.717, 1.165) is 17.7 Å². The van der Waals surface area contributed by atoms with Gasteiger partial charge in [0.05, 0.1) is 18.6 Å². The predicted molar refractivity (Wildman–Crippen MR) is 133 cm³/mol. The molecule has 0 saturated carbocycles. The fourth-order valence-corrected chi connectivity index (χ4v) is 5.35. The lowest BCUT2D eigenvalue weighted by atomic mass is 9.62. The van der Waals surface area contributed by atoms with Crippen molar-refractivity contribution in [2.75, 3.05) is 25.1 Å². The molecule has 2 aromatic rings. The van der Waals surface area contributed by atoms with Crippen molar-refractivity contribution in [2.45, 2.75) is 45.2 Å². The number of piperidine rings is 1. The molecule has 8 nitrogen and oxygen atoms in total. The number of aromatic nitrogens is 1. The number of ether oxygens (including phenoxy) is 1. The lowest BCUT2D eigenvalue weighted by Gasteiger charge is -2.58. The highest BCUT2D eigenvalue weighted by Crippen LogP contribution is 2.57. The van der Waals surface area contributed by atoms with Gasteiger partial charge in [-0.1, -0.05) is 44.0 Å². The zero-order chi connectivity index (χ0) is 25.2. The first kappa shape index (κ1) is 25.0. The van der Waals surface area contributed by atoms with Gasteiger partial charge < -0.3 is 19.9 Å². The molecule has 35 heavy (non-hydrogen) atoms. The van der Waals surface area contributed by atoms with Crippen molar-refractivity contribution in [3.63, 3.8) is 0 Å². The number of esters is 1. The van der Waals surface area contributed by atoms with Gasteiger partial charge >= 0.3 is 12.0 Å². The van der Waals surface area contributed by atoms with E-state index in [1.165, 1.54) is 7.11 Å². The molecule has 0 radical (unpaired) electrons. The number of anilines is 1. The van der Waals surface area contributed by atoms with E-state index in [9.17, 15) is 14.4 Å². The number of carbonyl (C=O) groups is 3. The molecule has 0 aliphatic carbocycles. The number of β-lactam (4-membered cyclic amide) rings is 1. The summed E-state index contributed by atoms with van der Waals surface area (Å²) in [4.78, 5) is 46.6. The third kappa shape index (κ3) is 4.59. The van der Waals surface area contributed by atoms with E-state index in [1.54, 1.807) is 34.3 Å². The maximum Gasteiger partial charge on any atom is 0.328 e. The summed E-state index contributed by atoms with van der Waals surface area (Å²) < 4.78 is 4.88. The minimum Gasteiger partial charge on any atom is -0.467 e. The topological polar surface area (TPSA) is 91.8 Å². The largest absolute Gasteiger partial charge is 0.467 e. The van der Waals surface area contributed by atoms with Crippen molar-refractivity contribution in [3.05, 3.63) is 59.4 Å². The van der Waals surface area contributed by atoms with Gasteiger partial charge in [-0.15, -0.1) is 0 Å². The second-order valence-electron chi connectivity index (χ2n) is 9.32. The Morgan fingerprint density at radius 2 is 2.00 bits per heavy atom. The molecule has 3 atom stereocenters. The number of nitrogens with one attached hydrogen (secondary N) is 1. The van der Waals surface area contributed by atoms with E-state index in [4.69, 9.17) is 16.3 Å². The third-order valence-electron chi connectivity index (χ3n) is 7.40. The summed E-state index contributed by atoms with van der Waals surface area (Å²) in [5, 5.41) is 3.40. The van der Waals surface area contributed by atoms with E-state index >= 15 is 0 Å². The van der Waals surface area contributed by atoms with Gasteiger partial charge in [-0.3, -0.25) is 9.78 Å². The Hall–Kier alpha value is -3.13. The van der Waals surface area contributed by atoms with Crippen LogP contribution in [0.3, 0.4) is 0 Å². The molecule has 0 bridgehead atoms. The van der Waals surface area contributed by atoms with Crippen LogP contribution in [-0.2, 0) is 14.3 Å². The summed E-state index contributed by atoms with van der Waals surface area (Å²) in [7, 11) is 1.32. The van der Waals surface area contributed by atoms with Gasteiger partial charge in [0.25, 0.3) is 0 Å². The Labute approximate surface area is 210 Å². The van der Waals surface area contributed by atoms with Crippen molar-refractivity contribution in [2.24, 2.45) is 11.3 Å². The Balaban J connectivity index is 1.53. The number of benzene rings is 1. The molecule has 4 rings (SSSR count). The molecule has 1 unspecified atom stereocenters. The molecule has 1 N–H and O–H groups in total. The first-order valence-corrected chi connectivity index (χ1v) is 12.3. The zero-order valence-electron chi connectivity index (χ0n) is 20.2. The highest BCUT2D eigenvalue weighted by Gasteiger charge is 2.62. The van der Waals surface area contributed by atoms with Gasteiger partial charge in [-0.25, -0.2) is 9.59 Å². The number of pyridine rings is 1. The second-order valence-corrected chi connectivity index (χ2v) is 9.76. The van der Waals surface area contributed by atoms with E-state index in [0.29, 0.717) is 31.0 Å². The second kappa shape index (κ2) is 10.2. The van der Waals surface area contributed by atoms with Crippen LogP contribution in [-0.4, -0.2) is 54.0 Å². The number of hydrogen-bond donors (Lipinski definition) is 1. The number of likely N-dealkylation sites (tertiary alicyclic amines) is 1. The van der Waals surface area contributed by atoms with Crippen LogP contribution < -0.4 is 10.2 Å². The average Bonchev–Trinajstić information content (AvgIpc) is 2.89. The first-order chi connectivity index (χ1) is 16.8. The Morgan fingerprint density at radius 3 is 2.60 bits per heavy atom. The van der Waals surface area contributed by atoms with Gasteiger partial charge in [0, 0.05) is 36.2 Å². The molecule has 1 aromatic heterocycles. The molecule has 2 fully saturated rings. The maximum absolute atomic E-state index is 13.6. The number of methoxy groups -OCH3 is 1. The monoisotopic (exact) mass is 498 g/mol. The van der Waals surface area contributed by atoms with E-state index < -0.39 is 17.4 Å². The van der Waals surface area contributed by atoms with Gasteiger partial charge in [0.15, 0.2) is 0 Å². The van der Waals surface area contributed by atoms with E-state index in [-0.39, 0.29) is 23.9 Å². The van der Waals surface area contributed by atoms with Crippen molar-refractivity contribution < 1.29 is 19.1 Å². The van der Waals surface area contributed by atoms with Crippen molar-refractivity contribution in [3.8, 4) is 0 Å². The van der Waals surface area contributed by atoms with Crippen LogP contribution in [0.1, 0.15) is 44.7 Å². The molecule has 1 spiro atoms. The minimum absolute atomic E-state index is 0.0284. The molecule has 186 valence electrons. The molecule has 2 saturated heterocycles. The fraction of sp³-hybridized carbons (Fsp3) is 0.462. The molecular weight excluding hydrogens is 468 g/mol. The quantitative estimate of drug-likeness (QED) is 0.476. The zero-order valence-corrected chi connectivity index (χ0v) is 21.0. The van der Waals surface area contributed by atoms with Crippen molar-refractivity contribution in [1.29, 1.82) is 0 Å². The fourth-order valence-electron chi connectivity index (χ4n) is 5.17. The van der Waals surface area contributed by atoms with Crippen molar-refractivity contribution >= 4 is 35.2 Å². The minimum atomic E-state index is -0.708. The lowest BCUT2D eigenvalue weighted by molar-refractivity contribution is -0.144. The number of halogens is 1. The summed E-state index contributed by atoms with van der Waals surface area (Å²) >= 11 is 6.22. The van der Waals surface area contributed by atoms with Crippen LogP contribution in [0.2, 0.25) is 5.02 Å². The number of hydrogen-bond acceptors (Lipinski definition) is 5. The van der Waals surface area contributed by atoms with Crippen molar-refractivity contribution in [1.82, 2.24) is 15.2 Å². The summed E-state index contributed by atoms with van der Waals surface area (Å²) in [5.41, 5.74) is 1.07. The highest BCUT2D eigenvalue weighted by molar-refractivity contribution is 6.31. The molecule has 1 aromatic carbocycles. The lowest BCUT2D eigenvalue weighted by Crippen LogP contribution is -2.67. The summed E-state index contributed by atoms with van der Waals surface area (Å²) in [6.07, 6.45) is 5.26. The molecule has 2 aliphatic rings. The van der Waals surface area contributed by atoms with Crippen LogP contribution in [0.25, 0.3) is 0 Å². The van der Waals surface area contributed by atoms with Gasteiger partial charge in [-0.2, -0.15) is 0 Å². The predicted octanol–water partition coefficient (Wildman–Crippen LogP) is 4.20. The summed E-state index contributed by atoms with van der Waals surface area (Å²) in [6, 6.07) is 9.91. The number of rotatable bonds is 6. The molecule has 3 heterocycles. The number of amides is 3. The SMILES string of the molecule is CC[C@H](C)[C@H](NC(=O)N1CCC2(CC1)C(=O)N(c1cccc(Cl)c1)C2c1cccnc1)C(=O)OC. The standard InChI is InChI=1S/C26H31ClN4O4/c1-4-17(2)21(23(32)35-3)29-25(34)30-13-10-26(11-14-30)22(18-7-6-12-28-16-18)31(24(26)33)20-9-5-8-19(27)15-20/h5-9,12,15-17,21-22H,4,10-11,13-14H2,1-3H3,(H,29,34)/t17-,21-,22?/m0/s1. The van der Waals surface area contributed by atoms with Crippen LogP contribution in [0.4, 0.5) is 10.5 Å². The number of nitrogens with zero attached hydrogens (tertiary/aromatic N) is 3. The number of urea groups is 1. The van der Waals surface area contributed by atoms with Gasteiger partial charge in [-0.05, 0) is 48.6 Å². The number of carbonyl (C=O) groups excluding carboxylic acids is 3. The Bertz CT molecular complexity index is 1090. The molecular formula is C26H31ClN4O4. The Kier molecular flexibility index (Phi) is 7.31. The van der Waals surface area contributed by atoms with Gasteiger partial charge in [0.1, 0.15) is 6.04 Å². The van der Waals surface area contributed by atoms with Gasteiger partial charge in [0.2, 0.25) is 5.91 Å². The smallest absolute Gasteiger partial charge is 0.328 e. The van der Waals surface area contributed by atoms with Crippen LogP contribution in [0.5, 0.6) is 0 Å². The normalized spacial score (nSPS) is 20.7. The summed E-state index contributed by atoms with van der Waals surface area (Å²) in [6.45, 7) is 4.69. The van der Waals surface area contributed by atoms with E-state index in [2.05, 4.69) is 10.3 Å². The molecule has 9 heteroatoms. The van der Waals surface area contributed by atoms with Crippen LogP contribution in [0.15, 0.2) is 48.8 Å². The first-order valence-electron chi connectivity index (χ1n) is 11.9. The molecule has 3 amide bonds.